The summed E-state index contributed by atoms with van der Waals surface area (Å²) in [7, 11) is 0. The van der Waals surface area contributed by atoms with Crippen LogP contribution in [0.3, 0.4) is 0 Å². The van der Waals surface area contributed by atoms with E-state index in [0.29, 0.717) is 0 Å². The second-order valence-electron chi connectivity index (χ2n) is 1.85. The van der Waals surface area contributed by atoms with E-state index in [1.54, 1.807) is 24.4 Å². The summed E-state index contributed by atoms with van der Waals surface area (Å²) in [5.74, 6) is 0. The molecule has 1 rings (SSSR count). The van der Waals surface area contributed by atoms with Crippen molar-refractivity contribution < 1.29 is 4.79 Å². The minimum atomic E-state index is -0.899. The fraction of sp³-hybridized carbons (Fsp3) is 0.167. The molecule has 4 heteroatoms. The van der Waals surface area contributed by atoms with Gasteiger partial charge in [0.15, 0.2) is 4.45 Å². The molecule has 1 heterocycles. The molecule has 1 aliphatic heterocycles. The number of nitrogens with one attached hydrogen (secondary N) is 1. The minimum absolute atomic E-state index is 0.479. The van der Waals surface area contributed by atoms with Crippen LogP contribution in [-0.4, -0.2) is 9.69 Å². The quantitative estimate of drug-likeness (QED) is 0.414. The van der Waals surface area contributed by atoms with Gasteiger partial charge in [-0.15, -0.1) is 0 Å². The van der Waals surface area contributed by atoms with Gasteiger partial charge in [-0.1, -0.05) is 6.08 Å². The highest BCUT2D eigenvalue weighted by atomic mass is 79.9. The van der Waals surface area contributed by atoms with E-state index in [9.17, 15) is 4.79 Å². The Morgan fingerprint density at radius 3 is 2.60 bits per heavy atom. The van der Waals surface area contributed by atoms with E-state index in [0.717, 1.165) is 0 Å². The van der Waals surface area contributed by atoms with E-state index < -0.39 is 9.69 Å². The Morgan fingerprint density at radius 1 is 1.60 bits per heavy atom. The fourth-order valence-corrected chi connectivity index (χ4v) is 0.986. The van der Waals surface area contributed by atoms with Crippen molar-refractivity contribution in [2.24, 2.45) is 0 Å². The SMILES string of the molecule is O=C(Cl)C1(Br)C=CC=CN1. The lowest BCUT2D eigenvalue weighted by atomic mass is 10.2. The van der Waals surface area contributed by atoms with Crippen LogP contribution in [0.4, 0.5) is 0 Å². The van der Waals surface area contributed by atoms with E-state index in [4.69, 9.17) is 11.6 Å². The summed E-state index contributed by atoms with van der Waals surface area (Å²) < 4.78 is -0.899. The largest absolute Gasteiger partial charge is 0.366 e. The Morgan fingerprint density at radius 2 is 2.30 bits per heavy atom. The van der Waals surface area contributed by atoms with Crippen LogP contribution in [0.25, 0.3) is 0 Å². The van der Waals surface area contributed by atoms with Gasteiger partial charge in [0.1, 0.15) is 0 Å². The Balaban J connectivity index is 2.80. The molecule has 0 aromatic carbocycles. The first-order chi connectivity index (χ1) is 4.65. The monoisotopic (exact) mass is 221 g/mol. The van der Waals surface area contributed by atoms with Crippen LogP contribution in [0.15, 0.2) is 24.4 Å². The highest BCUT2D eigenvalue weighted by Crippen LogP contribution is 2.21. The number of dihydropyridines is 1. The van der Waals surface area contributed by atoms with E-state index in [2.05, 4.69) is 21.2 Å². The van der Waals surface area contributed by atoms with Gasteiger partial charge in [0.05, 0.1) is 0 Å². The minimum Gasteiger partial charge on any atom is -0.366 e. The zero-order valence-electron chi connectivity index (χ0n) is 4.97. The Kier molecular flexibility index (Phi) is 2.16. The molecule has 10 heavy (non-hydrogen) atoms. The number of hydrogen-bond donors (Lipinski definition) is 1. The number of rotatable bonds is 1. The average molecular weight is 222 g/mol. The summed E-state index contributed by atoms with van der Waals surface area (Å²) in [6.45, 7) is 0. The van der Waals surface area contributed by atoms with Crippen molar-refractivity contribution in [3.8, 4) is 0 Å². The maximum atomic E-state index is 10.7. The third kappa shape index (κ3) is 1.41. The molecule has 0 amide bonds. The van der Waals surface area contributed by atoms with E-state index in [-0.39, 0.29) is 0 Å². The standard InChI is InChI=1S/C6H5BrClNO/c7-6(5(8)10)3-1-2-4-9-6/h1-4,9H. The molecule has 1 aliphatic rings. The summed E-state index contributed by atoms with van der Waals surface area (Å²) in [6, 6.07) is 0. The van der Waals surface area contributed by atoms with Gasteiger partial charge >= 0.3 is 0 Å². The molecule has 0 fully saturated rings. The topological polar surface area (TPSA) is 29.1 Å². The lowest BCUT2D eigenvalue weighted by molar-refractivity contribution is -0.113. The van der Waals surface area contributed by atoms with Gasteiger partial charge in [-0.05, 0) is 45.9 Å². The van der Waals surface area contributed by atoms with E-state index >= 15 is 0 Å². The second kappa shape index (κ2) is 2.76. The molecule has 0 radical (unpaired) electrons. The number of hydrogen-bond acceptors (Lipinski definition) is 2. The Labute approximate surface area is 72.1 Å². The maximum absolute atomic E-state index is 10.7. The van der Waals surface area contributed by atoms with Crippen molar-refractivity contribution in [1.82, 2.24) is 5.32 Å². The molecule has 0 aromatic heterocycles. The first-order valence-corrected chi connectivity index (χ1v) is 3.83. The van der Waals surface area contributed by atoms with Crippen LogP contribution >= 0.6 is 27.5 Å². The van der Waals surface area contributed by atoms with Gasteiger partial charge in [0.25, 0.3) is 5.24 Å². The Hall–Kier alpha value is -0.280. The number of alkyl halides is 1. The van der Waals surface area contributed by atoms with Crippen molar-refractivity contribution in [2.75, 3.05) is 0 Å². The van der Waals surface area contributed by atoms with Crippen LogP contribution in [0.1, 0.15) is 0 Å². The predicted octanol–water partition coefficient (Wildman–Crippen LogP) is 1.52. The first kappa shape index (κ1) is 7.82. The lowest BCUT2D eigenvalue weighted by Gasteiger charge is -2.21. The third-order valence-corrected chi connectivity index (χ3v) is 2.49. The molecular formula is C6H5BrClNO. The molecule has 2 nitrogen and oxygen atoms in total. The highest BCUT2D eigenvalue weighted by molar-refractivity contribution is 9.10. The molecule has 0 aromatic rings. The van der Waals surface area contributed by atoms with Gasteiger partial charge in [-0.25, -0.2) is 0 Å². The van der Waals surface area contributed by atoms with Gasteiger partial charge in [-0.3, -0.25) is 4.79 Å². The van der Waals surface area contributed by atoms with Gasteiger partial charge in [0, 0.05) is 0 Å². The third-order valence-electron chi connectivity index (χ3n) is 1.11. The number of allylic oxidation sites excluding steroid dienone is 2. The highest BCUT2D eigenvalue weighted by Gasteiger charge is 2.30. The smallest absolute Gasteiger partial charge is 0.262 e. The molecule has 0 saturated heterocycles. The Bertz CT molecular complexity index is 214. The van der Waals surface area contributed by atoms with Crippen molar-refractivity contribution >= 4 is 32.8 Å². The summed E-state index contributed by atoms with van der Waals surface area (Å²) in [6.07, 6.45) is 6.81. The zero-order chi connectivity index (χ0) is 7.61. The molecule has 0 saturated carbocycles. The van der Waals surface area contributed by atoms with Crippen LogP contribution < -0.4 is 5.32 Å². The van der Waals surface area contributed by atoms with Gasteiger partial charge in [-0.2, -0.15) is 0 Å². The summed E-state index contributed by atoms with van der Waals surface area (Å²) in [5.41, 5.74) is 0. The van der Waals surface area contributed by atoms with Crippen LogP contribution in [0, 0.1) is 0 Å². The van der Waals surface area contributed by atoms with Crippen LogP contribution in [0.2, 0.25) is 0 Å². The zero-order valence-corrected chi connectivity index (χ0v) is 7.32. The van der Waals surface area contributed by atoms with E-state index in [1.807, 2.05) is 0 Å². The van der Waals surface area contributed by atoms with Crippen LogP contribution in [0.5, 0.6) is 0 Å². The lowest BCUT2D eigenvalue weighted by Crippen LogP contribution is -2.40. The molecule has 1 N–H and O–H groups in total. The molecular weight excluding hydrogens is 217 g/mol. The first-order valence-electron chi connectivity index (χ1n) is 2.66. The molecule has 54 valence electrons. The van der Waals surface area contributed by atoms with Crippen molar-refractivity contribution in [2.45, 2.75) is 4.45 Å². The molecule has 0 spiro atoms. The number of halogens is 2. The average Bonchev–Trinajstić information content (AvgIpc) is 1.89. The number of carbonyl (C=O) groups excluding carboxylic acids is 1. The van der Waals surface area contributed by atoms with E-state index in [1.165, 1.54) is 0 Å². The normalized spacial score (nSPS) is 29.8. The number of carbonyl (C=O) groups is 1. The molecule has 1 unspecified atom stereocenters. The van der Waals surface area contributed by atoms with Crippen LogP contribution in [-0.2, 0) is 4.79 Å². The maximum Gasteiger partial charge on any atom is 0.262 e. The van der Waals surface area contributed by atoms with Crippen molar-refractivity contribution in [3.63, 3.8) is 0 Å². The molecule has 0 aliphatic carbocycles. The molecule has 1 atom stereocenters. The fourth-order valence-electron chi connectivity index (χ4n) is 0.583. The van der Waals surface area contributed by atoms with Gasteiger partial charge < -0.3 is 5.32 Å². The second-order valence-corrected chi connectivity index (χ2v) is 3.44. The molecule has 0 bridgehead atoms. The van der Waals surface area contributed by atoms with Gasteiger partial charge in [0.2, 0.25) is 0 Å². The predicted molar refractivity (Wildman–Crippen MR) is 43.9 cm³/mol. The van der Waals surface area contributed by atoms with Crippen molar-refractivity contribution in [1.29, 1.82) is 0 Å². The summed E-state index contributed by atoms with van der Waals surface area (Å²) >= 11 is 8.39. The summed E-state index contributed by atoms with van der Waals surface area (Å²) in [5, 5.41) is 2.28. The summed E-state index contributed by atoms with van der Waals surface area (Å²) in [4.78, 5) is 10.7. The van der Waals surface area contributed by atoms with Crippen molar-refractivity contribution in [3.05, 3.63) is 24.4 Å².